The molecule has 0 amide bonds. The molecule has 1 saturated heterocycles. The van der Waals surface area contributed by atoms with Gasteiger partial charge in [-0.1, -0.05) is 6.07 Å². The first-order chi connectivity index (χ1) is 18.4. The molecule has 0 bridgehead atoms. The molecular formula is C28H24F3NO7. The van der Waals surface area contributed by atoms with Crippen molar-refractivity contribution in [2.75, 3.05) is 6.61 Å². The molecule has 39 heavy (non-hydrogen) atoms. The maximum Gasteiger partial charge on any atom is 0.586 e. The molecule has 1 aliphatic carbocycles. The number of alkyl halides is 2. The van der Waals surface area contributed by atoms with Gasteiger partial charge in [-0.05, 0) is 68.1 Å². The van der Waals surface area contributed by atoms with Crippen LogP contribution in [0.5, 0.6) is 11.5 Å². The van der Waals surface area contributed by atoms with E-state index in [1.54, 1.807) is 36.6 Å². The zero-order valence-electron chi connectivity index (χ0n) is 21.1. The third-order valence-electron chi connectivity index (χ3n) is 7.65. The molecule has 2 aliphatic heterocycles. The van der Waals surface area contributed by atoms with E-state index in [9.17, 15) is 23.2 Å². The van der Waals surface area contributed by atoms with Crippen LogP contribution in [0.2, 0.25) is 0 Å². The molecule has 0 unspecified atom stereocenters. The van der Waals surface area contributed by atoms with Gasteiger partial charge in [-0.15, -0.1) is 8.78 Å². The topological polar surface area (TPSA) is 93.1 Å². The van der Waals surface area contributed by atoms with E-state index in [0.717, 1.165) is 6.29 Å². The van der Waals surface area contributed by atoms with E-state index in [1.165, 1.54) is 18.2 Å². The van der Waals surface area contributed by atoms with Gasteiger partial charge in [0.1, 0.15) is 24.5 Å². The Kier molecular flexibility index (Phi) is 5.50. The zero-order valence-corrected chi connectivity index (χ0v) is 21.1. The Morgan fingerprint density at radius 2 is 1.87 bits per heavy atom. The molecule has 11 heteroatoms. The lowest BCUT2D eigenvalue weighted by atomic mass is 9.87. The quantitative estimate of drug-likeness (QED) is 0.293. The molecule has 8 nitrogen and oxygen atoms in total. The second-order valence-electron chi connectivity index (χ2n) is 10.8. The number of Topliss-reactive ketones (excluding diaryl/α,β-unsaturated/α-hetero) is 1. The number of ketones is 1. The van der Waals surface area contributed by atoms with Gasteiger partial charge in [0.15, 0.2) is 17.6 Å². The first kappa shape index (κ1) is 25.3. The Morgan fingerprint density at radius 3 is 2.54 bits per heavy atom. The first-order valence-electron chi connectivity index (χ1n) is 12.5. The number of hydrogen-bond donors (Lipinski definition) is 0. The third-order valence-corrected chi connectivity index (χ3v) is 7.65. The summed E-state index contributed by atoms with van der Waals surface area (Å²) in [6.45, 7) is 3.64. The van der Waals surface area contributed by atoms with Crippen molar-refractivity contribution >= 4 is 29.1 Å². The summed E-state index contributed by atoms with van der Waals surface area (Å²) < 4.78 is 63.1. The Morgan fingerprint density at radius 1 is 1.13 bits per heavy atom. The number of nitrogens with zero attached hydrogens (tertiary/aromatic N) is 1. The molecule has 3 aliphatic rings. The molecule has 3 heterocycles. The van der Waals surface area contributed by atoms with Crippen LogP contribution in [0.1, 0.15) is 43.5 Å². The van der Waals surface area contributed by atoms with Gasteiger partial charge in [-0.25, -0.2) is 9.18 Å². The van der Waals surface area contributed by atoms with Crippen molar-refractivity contribution in [1.29, 1.82) is 0 Å². The number of halogens is 3. The fraction of sp³-hybridized carbons (Fsp3) is 0.393. The molecule has 0 spiro atoms. The second-order valence-corrected chi connectivity index (χ2v) is 10.8. The van der Waals surface area contributed by atoms with Crippen molar-refractivity contribution in [3.63, 3.8) is 0 Å². The number of cyclic esters (lactones) is 2. The summed E-state index contributed by atoms with van der Waals surface area (Å²) in [6.07, 6.45) is -3.57. The Balaban J connectivity index is 1.31. The number of rotatable bonds is 8. The van der Waals surface area contributed by atoms with Crippen LogP contribution >= 0.6 is 0 Å². The van der Waals surface area contributed by atoms with Gasteiger partial charge in [0.25, 0.3) is 0 Å². The Hall–Kier alpha value is -4.02. The van der Waals surface area contributed by atoms with Gasteiger partial charge in [-0.2, -0.15) is 0 Å². The standard InChI is InChI=1S/C28H24F3NO7/c1-26(2,14-33)23-8-16-7-15(19(29)11-20(16)32(23)12-18-13-36-25(35)37-18)9-24(34)27(5-6-27)17-3-4-21-22(10-17)39-28(30,31)38-21/h3-4,7-8,10-11,14,18H,5-6,9,12-13H2,1-2H3/t18-/m1/s1. The third kappa shape index (κ3) is 4.29. The summed E-state index contributed by atoms with van der Waals surface area (Å²) in [4.78, 5) is 36.7. The highest BCUT2D eigenvalue weighted by molar-refractivity contribution is 5.95. The predicted octanol–water partition coefficient (Wildman–Crippen LogP) is 4.96. The van der Waals surface area contributed by atoms with Crippen molar-refractivity contribution in [2.45, 2.75) is 62.9 Å². The molecule has 1 atom stereocenters. The van der Waals surface area contributed by atoms with Gasteiger partial charge < -0.3 is 28.3 Å². The predicted molar refractivity (Wildman–Crippen MR) is 129 cm³/mol. The van der Waals surface area contributed by atoms with Crippen LogP contribution in [-0.2, 0) is 42.9 Å². The molecule has 0 radical (unpaired) electrons. The Bertz CT molecular complexity index is 1540. The van der Waals surface area contributed by atoms with Gasteiger partial charge in [0.05, 0.1) is 22.9 Å². The van der Waals surface area contributed by atoms with Crippen LogP contribution < -0.4 is 9.47 Å². The van der Waals surface area contributed by atoms with Crippen LogP contribution in [-0.4, -0.2) is 41.8 Å². The average molecular weight is 543 g/mol. The SMILES string of the molecule is CC(C)(C=O)c1cc2cc(CC(=O)C3(c4ccc5c(c4)OC(F)(F)O5)CC3)c(F)cc2n1C[C@@H]1COC(=O)O1. The van der Waals surface area contributed by atoms with Gasteiger partial charge in [-0.3, -0.25) is 4.79 Å². The van der Waals surface area contributed by atoms with Crippen molar-refractivity contribution in [2.24, 2.45) is 0 Å². The number of hydrogen-bond acceptors (Lipinski definition) is 7. The molecule has 6 rings (SSSR count). The van der Waals surface area contributed by atoms with Crippen molar-refractivity contribution in [1.82, 2.24) is 4.57 Å². The van der Waals surface area contributed by atoms with E-state index in [2.05, 4.69) is 9.47 Å². The van der Waals surface area contributed by atoms with Crippen LogP contribution in [0.25, 0.3) is 10.9 Å². The lowest BCUT2D eigenvalue weighted by molar-refractivity contribution is -0.286. The zero-order chi connectivity index (χ0) is 27.7. The summed E-state index contributed by atoms with van der Waals surface area (Å²) in [5, 5.41) is 0.615. The lowest BCUT2D eigenvalue weighted by Crippen LogP contribution is -2.27. The van der Waals surface area contributed by atoms with E-state index in [0.29, 0.717) is 35.0 Å². The van der Waals surface area contributed by atoms with Gasteiger partial charge >= 0.3 is 12.5 Å². The smallest absolute Gasteiger partial charge is 0.430 e. The molecule has 1 aromatic heterocycles. The first-order valence-corrected chi connectivity index (χ1v) is 12.5. The molecule has 3 aromatic rings. The molecular weight excluding hydrogens is 519 g/mol. The molecule has 2 aromatic carbocycles. The summed E-state index contributed by atoms with van der Waals surface area (Å²) in [6, 6.07) is 8.94. The second kappa shape index (κ2) is 8.49. The molecule has 1 saturated carbocycles. The van der Waals surface area contributed by atoms with Crippen molar-refractivity contribution in [3.05, 3.63) is 59.0 Å². The van der Waals surface area contributed by atoms with Crippen LogP contribution in [0.4, 0.5) is 18.0 Å². The van der Waals surface area contributed by atoms with Crippen LogP contribution in [0, 0.1) is 5.82 Å². The highest BCUT2D eigenvalue weighted by Crippen LogP contribution is 2.52. The molecule has 0 N–H and O–H groups in total. The Labute approximate surface area is 220 Å². The minimum absolute atomic E-state index is 0.0358. The fourth-order valence-electron chi connectivity index (χ4n) is 5.36. The monoisotopic (exact) mass is 543 g/mol. The number of aromatic nitrogens is 1. The normalized spacial score (nSPS) is 20.5. The van der Waals surface area contributed by atoms with Crippen molar-refractivity contribution in [3.8, 4) is 11.5 Å². The number of ether oxygens (including phenoxy) is 4. The summed E-state index contributed by atoms with van der Waals surface area (Å²) in [5.74, 6) is -1.10. The summed E-state index contributed by atoms with van der Waals surface area (Å²) in [5.41, 5.74) is -0.0783. The highest BCUT2D eigenvalue weighted by Gasteiger charge is 2.52. The fourth-order valence-corrected chi connectivity index (χ4v) is 5.36. The van der Waals surface area contributed by atoms with E-state index >= 15 is 4.39 Å². The number of fused-ring (bicyclic) bond motifs is 2. The highest BCUT2D eigenvalue weighted by atomic mass is 19.3. The summed E-state index contributed by atoms with van der Waals surface area (Å²) >= 11 is 0. The number of carbonyl (C=O) groups excluding carboxylic acids is 3. The minimum Gasteiger partial charge on any atom is -0.430 e. The van der Waals surface area contributed by atoms with E-state index < -0.39 is 35.2 Å². The number of carbonyl (C=O) groups is 3. The number of aldehydes is 1. The maximum absolute atomic E-state index is 15.4. The van der Waals surface area contributed by atoms with E-state index in [-0.39, 0.29) is 42.4 Å². The number of benzene rings is 2. The minimum atomic E-state index is -3.76. The van der Waals surface area contributed by atoms with E-state index in [1.807, 2.05) is 0 Å². The van der Waals surface area contributed by atoms with Crippen LogP contribution in [0.15, 0.2) is 36.4 Å². The molecule has 2 fully saturated rings. The van der Waals surface area contributed by atoms with Crippen molar-refractivity contribution < 1.29 is 46.5 Å². The average Bonchev–Trinajstić information content (AvgIpc) is 3.34. The lowest BCUT2D eigenvalue weighted by Gasteiger charge is -2.22. The van der Waals surface area contributed by atoms with Crippen LogP contribution in [0.3, 0.4) is 0 Å². The van der Waals surface area contributed by atoms with Gasteiger partial charge in [0, 0.05) is 17.5 Å². The summed E-state index contributed by atoms with van der Waals surface area (Å²) in [7, 11) is 0. The van der Waals surface area contributed by atoms with Gasteiger partial charge in [0.2, 0.25) is 0 Å². The molecule has 204 valence electrons. The maximum atomic E-state index is 15.4. The van der Waals surface area contributed by atoms with E-state index in [4.69, 9.17) is 9.47 Å². The largest absolute Gasteiger partial charge is 0.586 e.